The van der Waals surface area contributed by atoms with Gasteiger partial charge in [0.2, 0.25) is 11.8 Å². The zero-order valence-corrected chi connectivity index (χ0v) is 17.0. The molecule has 6 heteroatoms. The van der Waals surface area contributed by atoms with Gasteiger partial charge in [0.05, 0.1) is 12.9 Å². The number of hydrogen-bond donors (Lipinski definition) is 2. The molecule has 2 amide bonds. The van der Waals surface area contributed by atoms with Crippen LogP contribution in [0.25, 0.3) is 16.5 Å². The van der Waals surface area contributed by atoms with Crippen molar-refractivity contribution < 1.29 is 18.7 Å². The fourth-order valence-electron chi connectivity index (χ4n) is 3.10. The Morgan fingerprint density at radius 3 is 2.52 bits per heavy atom. The van der Waals surface area contributed by atoms with Crippen LogP contribution in [0.4, 0.5) is 11.4 Å². The zero-order valence-electron chi connectivity index (χ0n) is 17.0. The Labute approximate surface area is 169 Å². The normalized spacial score (nSPS) is 11.4. The second kappa shape index (κ2) is 8.65. The zero-order chi connectivity index (χ0) is 21.0. The van der Waals surface area contributed by atoms with Gasteiger partial charge in [0.25, 0.3) is 0 Å². The second-order valence-corrected chi connectivity index (χ2v) is 6.77. The van der Waals surface area contributed by atoms with Gasteiger partial charge in [0.1, 0.15) is 11.3 Å². The molecule has 3 aromatic rings. The molecule has 1 heterocycles. The van der Waals surface area contributed by atoms with Gasteiger partial charge >= 0.3 is 0 Å². The highest BCUT2D eigenvalue weighted by Crippen LogP contribution is 2.33. The van der Waals surface area contributed by atoms with Crippen LogP contribution >= 0.6 is 0 Å². The van der Waals surface area contributed by atoms with Crippen LogP contribution < -0.4 is 15.4 Å². The maximum Gasteiger partial charge on any atom is 0.248 e. The third-order valence-electron chi connectivity index (χ3n) is 4.39. The smallest absolute Gasteiger partial charge is 0.248 e. The lowest BCUT2D eigenvalue weighted by atomic mass is 10.0. The summed E-state index contributed by atoms with van der Waals surface area (Å²) in [5, 5.41) is 6.51. The Morgan fingerprint density at radius 1 is 1.10 bits per heavy atom. The van der Waals surface area contributed by atoms with Crippen molar-refractivity contribution in [3.63, 3.8) is 0 Å². The summed E-state index contributed by atoms with van der Waals surface area (Å²) in [6, 6.07) is 10.8. The standard InChI is InChI=1S/C23H24N2O4/c1-5-28-21-12-22-20(15(3)13-29-22)11-19(21)14(2)9-23(27)25-18-8-6-7-17(10-18)24-16(4)26/h6-13H,5H2,1-4H3,(H,24,26)(H,25,27)/b14-9+. The SMILES string of the molecule is CCOc1cc2occ(C)c2cc1/C(C)=C/C(=O)Nc1cccc(NC(C)=O)c1. The minimum atomic E-state index is -0.270. The van der Waals surface area contributed by atoms with Crippen molar-refractivity contribution in [2.75, 3.05) is 17.2 Å². The Balaban J connectivity index is 1.86. The first kappa shape index (κ1) is 20.2. The molecule has 2 N–H and O–H groups in total. The summed E-state index contributed by atoms with van der Waals surface area (Å²) in [7, 11) is 0. The molecule has 0 saturated carbocycles. The van der Waals surface area contributed by atoms with E-state index in [4.69, 9.17) is 9.15 Å². The third-order valence-corrected chi connectivity index (χ3v) is 4.39. The largest absolute Gasteiger partial charge is 0.493 e. The van der Waals surface area contributed by atoms with Gasteiger partial charge in [0, 0.05) is 41.4 Å². The highest BCUT2D eigenvalue weighted by molar-refractivity contribution is 6.05. The van der Waals surface area contributed by atoms with E-state index in [9.17, 15) is 9.59 Å². The number of carbonyl (C=O) groups excluding carboxylic acids is 2. The number of hydrogen-bond acceptors (Lipinski definition) is 4. The molecule has 0 bridgehead atoms. The molecule has 0 saturated heterocycles. The van der Waals surface area contributed by atoms with Crippen molar-refractivity contribution in [2.45, 2.75) is 27.7 Å². The molecule has 0 radical (unpaired) electrons. The Hall–Kier alpha value is -3.54. The van der Waals surface area contributed by atoms with Crippen molar-refractivity contribution >= 4 is 39.7 Å². The van der Waals surface area contributed by atoms with Crippen LogP contribution in [0.5, 0.6) is 5.75 Å². The molecular formula is C23H24N2O4. The molecule has 6 nitrogen and oxygen atoms in total. The molecule has 0 spiro atoms. The van der Waals surface area contributed by atoms with Crippen LogP contribution in [0.1, 0.15) is 31.9 Å². The highest BCUT2D eigenvalue weighted by atomic mass is 16.5. The van der Waals surface area contributed by atoms with Crippen LogP contribution in [0, 0.1) is 6.92 Å². The van der Waals surface area contributed by atoms with Gasteiger partial charge in [0.15, 0.2) is 0 Å². The van der Waals surface area contributed by atoms with Crippen molar-refractivity contribution in [3.05, 3.63) is 59.9 Å². The number of aryl methyl sites for hydroxylation is 1. The fraction of sp³-hybridized carbons (Fsp3) is 0.217. The number of ether oxygens (including phenoxy) is 1. The van der Waals surface area contributed by atoms with Crippen molar-refractivity contribution in [1.82, 2.24) is 0 Å². The minimum absolute atomic E-state index is 0.169. The number of carbonyl (C=O) groups is 2. The summed E-state index contributed by atoms with van der Waals surface area (Å²) in [6.07, 6.45) is 3.24. The van der Waals surface area contributed by atoms with Gasteiger partial charge in [-0.1, -0.05) is 6.07 Å². The molecule has 0 atom stereocenters. The lowest BCUT2D eigenvalue weighted by Gasteiger charge is -2.11. The molecule has 0 aliphatic heterocycles. The van der Waals surface area contributed by atoms with Gasteiger partial charge in [-0.3, -0.25) is 9.59 Å². The average molecular weight is 392 g/mol. The molecule has 3 rings (SSSR count). The molecular weight excluding hydrogens is 368 g/mol. The molecule has 2 aromatic carbocycles. The first-order valence-electron chi connectivity index (χ1n) is 9.39. The Bertz CT molecular complexity index is 1100. The lowest BCUT2D eigenvalue weighted by Crippen LogP contribution is -2.10. The third kappa shape index (κ3) is 4.85. The van der Waals surface area contributed by atoms with Gasteiger partial charge in [-0.2, -0.15) is 0 Å². The van der Waals surface area contributed by atoms with Crippen molar-refractivity contribution in [1.29, 1.82) is 0 Å². The number of anilines is 2. The lowest BCUT2D eigenvalue weighted by molar-refractivity contribution is -0.114. The molecule has 29 heavy (non-hydrogen) atoms. The van der Waals surface area contributed by atoms with Crippen molar-refractivity contribution in [3.8, 4) is 5.75 Å². The number of furan rings is 1. The number of allylic oxidation sites excluding steroid dienone is 1. The van der Waals surface area contributed by atoms with E-state index < -0.39 is 0 Å². The molecule has 1 aromatic heterocycles. The Morgan fingerprint density at radius 2 is 1.83 bits per heavy atom. The number of benzene rings is 2. The summed E-state index contributed by atoms with van der Waals surface area (Å²) in [6.45, 7) is 7.70. The topological polar surface area (TPSA) is 80.6 Å². The van der Waals surface area contributed by atoms with Crippen LogP contribution in [0.15, 0.2) is 53.2 Å². The first-order valence-corrected chi connectivity index (χ1v) is 9.39. The fourth-order valence-corrected chi connectivity index (χ4v) is 3.10. The summed E-state index contributed by atoms with van der Waals surface area (Å²) in [5.41, 5.74) is 4.60. The molecule has 0 unspecified atom stereocenters. The minimum Gasteiger partial charge on any atom is -0.493 e. The van der Waals surface area contributed by atoms with Gasteiger partial charge in [-0.25, -0.2) is 0 Å². The highest BCUT2D eigenvalue weighted by Gasteiger charge is 2.13. The van der Waals surface area contributed by atoms with Crippen molar-refractivity contribution in [2.24, 2.45) is 0 Å². The second-order valence-electron chi connectivity index (χ2n) is 6.77. The number of fused-ring (bicyclic) bond motifs is 1. The maximum absolute atomic E-state index is 12.5. The van der Waals surface area contributed by atoms with E-state index in [1.165, 1.54) is 13.0 Å². The van der Waals surface area contributed by atoms with E-state index in [0.717, 1.165) is 27.7 Å². The molecule has 150 valence electrons. The molecule has 0 fully saturated rings. The number of rotatable bonds is 6. The van der Waals surface area contributed by atoms with Crippen LogP contribution in [0.3, 0.4) is 0 Å². The number of amides is 2. The van der Waals surface area contributed by atoms with E-state index in [1.54, 1.807) is 30.5 Å². The van der Waals surface area contributed by atoms with Gasteiger partial charge < -0.3 is 19.8 Å². The Kier molecular flexibility index (Phi) is 6.02. The maximum atomic E-state index is 12.5. The molecule has 0 aliphatic carbocycles. The predicted molar refractivity (Wildman–Crippen MR) is 115 cm³/mol. The summed E-state index contributed by atoms with van der Waals surface area (Å²) >= 11 is 0. The van der Waals surface area contributed by atoms with Crippen LogP contribution in [0.2, 0.25) is 0 Å². The summed E-state index contributed by atoms with van der Waals surface area (Å²) in [4.78, 5) is 23.8. The van der Waals surface area contributed by atoms with E-state index in [-0.39, 0.29) is 11.8 Å². The van der Waals surface area contributed by atoms with Gasteiger partial charge in [-0.15, -0.1) is 0 Å². The average Bonchev–Trinajstić information content (AvgIpc) is 3.01. The first-order chi connectivity index (χ1) is 13.9. The quantitative estimate of drug-likeness (QED) is 0.569. The van der Waals surface area contributed by atoms with Gasteiger partial charge in [-0.05, 0) is 56.2 Å². The molecule has 0 aliphatic rings. The van der Waals surface area contributed by atoms with E-state index >= 15 is 0 Å². The summed E-state index contributed by atoms with van der Waals surface area (Å²) < 4.78 is 11.3. The van der Waals surface area contributed by atoms with Crippen LogP contribution in [-0.2, 0) is 9.59 Å². The van der Waals surface area contributed by atoms with E-state index in [1.807, 2.05) is 32.9 Å². The number of nitrogens with one attached hydrogen (secondary N) is 2. The van der Waals surface area contributed by atoms with E-state index in [0.29, 0.717) is 23.7 Å². The van der Waals surface area contributed by atoms with E-state index in [2.05, 4.69) is 10.6 Å². The summed E-state index contributed by atoms with van der Waals surface area (Å²) in [5.74, 6) is 0.232. The predicted octanol–water partition coefficient (Wildman–Crippen LogP) is 5.14. The van der Waals surface area contributed by atoms with Crippen LogP contribution in [-0.4, -0.2) is 18.4 Å². The monoisotopic (exact) mass is 392 g/mol.